The molecule has 3 rings (SSSR count). The molecule has 3 N–H and O–H groups in total. The Kier molecular flexibility index (Phi) is 5.03. The monoisotopic (exact) mass is 320 g/mol. The van der Waals surface area contributed by atoms with Gasteiger partial charge >= 0.3 is 0 Å². The summed E-state index contributed by atoms with van der Waals surface area (Å²) in [6.07, 6.45) is 3.57. The minimum Gasteiger partial charge on any atom is -0.324 e. The second-order valence-corrected chi connectivity index (χ2v) is 5.59. The number of nitrogens with one attached hydrogen (secondary N) is 3. The number of H-pyrrole nitrogens is 1. The zero-order chi connectivity index (χ0) is 16.8. The van der Waals surface area contributed by atoms with Crippen LogP contribution in [0.25, 0.3) is 11.1 Å². The second-order valence-electron chi connectivity index (χ2n) is 5.59. The van der Waals surface area contributed by atoms with Crippen LogP contribution in [0.15, 0.2) is 67.0 Å². The Morgan fingerprint density at radius 3 is 2.62 bits per heavy atom. The van der Waals surface area contributed by atoms with Crippen molar-refractivity contribution < 1.29 is 4.79 Å². The predicted octanol–water partition coefficient (Wildman–Crippen LogP) is 3.37. The fourth-order valence-corrected chi connectivity index (χ4v) is 2.52. The Hall–Kier alpha value is -2.92. The maximum Gasteiger partial charge on any atom is 0.238 e. The van der Waals surface area contributed by atoms with Crippen LogP contribution in [0.4, 0.5) is 5.69 Å². The molecule has 122 valence electrons. The van der Waals surface area contributed by atoms with E-state index in [-0.39, 0.29) is 18.5 Å². The molecule has 0 saturated heterocycles. The Morgan fingerprint density at radius 2 is 1.88 bits per heavy atom. The minimum absolute atomic E-state index is 0.0545. The first-order chi connectivity index (χ1) is 11.7. The van der Waals surface area contributed by atoms with Crippen LogP contribution in [0.3, 0.4) is 0 Å². The van der Waals surface area contributed by atoms with Crippen molar-refractivity contribution in [3.8, 4) is 11.1 Å². The van der Waals surface area contributed by atoms with Gasteiger partial charge in [-0.05, 0) is 18.6 Å². The van der Waals surface area contributed by atoms with Gasteiger partial charge in [-0.1, -0.05) is 48.5 Å². The van der Waals surface area contributed by atoms with Crippen molar-refractivity contribution in [2.75, 3.05) is 11.9 Å². The van der Waals surface area contributed by atoms with Gasteiger partial charge in [-0.25, -0.2) is 0 Å². The molecule has 0 bridgehead atoms. The third-order valence-electron chi connectivity index (χ3n) is 3.87. The number of anilines is 1. The molecule has 3 aromatic rings. The summed E-state index contributed by atoms with van der Waals surface area (Å²) >= 11 is 0. The first-order valence-electron chi connectivity index (χ1n) is 7.90. The molecule has 5 nitrogen and oxygen atoms in total. The fraction of sp³-hybridized carbons (Fsp3) is 0.158. The van der Waals surface area contributed by atoms with E-state index in [1.807, 2.05) is 67.7 Å². The largest absolute Gasteiger partial charge is 0.324 e. The number of carbonyl (C=O) groups excluding carboxylic acids is 1. The van der Waals surface area contributed by atoms with Crippen LogP contribution >= 0.6 is 0 Å². The number of nitrogens with zero attached hydrogens (tertiary/aromatic N) is 1. The summed E-state index contributed by atoms with van der Waals surface area (Å²) in [6.45, 7) is 2.23. The van der Waals surface area contributed by atoms with Gasteiger partial charge in [0.1, 0.15) is 0 Å². The molecule has 1 atom stereocenters. The number of carbonyl (C=O) groups is 1. The highest BCUT2D eigenvalue weighted by molar-refractivity contribution is 5.96. The van der Waals surface area contributed by atoms with E-state index in [9.17, 15) is 4.79 Å². The van der Waals surface area contributed by atoms with Gasteiger partial charge in [-0.3, -0.25) is 9.89 Å². The van der Waals surface area contributed by atoms with Gasteiger partial charge in [0.05, 0.1) is 12.7 Å². The van der Waals surface area contributed by atoms with Gasteiger partial charge in [0.25, 0.3) is 0 Å². The van der Waals surface area contributed by atoms with Gasteiger partial charge in [0, 0.05) is 29.1 Å². The number of hydrogen-bond acceptors (Lipinski definition) is 3. The van der Waals surface area contributed by atoms with Crippen LogP contribution in [0, 0.1) is 0 Å². The number of rotatable bonds is 6. The van der Waals surface area contributed by atoms with Crippen molar-refractivity contribution in [3.63, 3.8) is 0 Å². The van der Waals surface area contributed by atoms with Gasteiger partial charge in [0.2, 0.25) is 5.91 Å². The molecule has 2 aromatic carbocycles. The fourth-order valence-electron chi connectivity index (χ4n) is 2.52. The third-order valence-corrected chi connectivity index (χ3v) is 3.87. The molecular formula is C19H20N4O. The summed E-state index contributed by atoms with van der Waals surface area (Å²) in [5, 5.41) is 12.9. The molecule has 24 heavy (non-hydrogen) atoms. The van der Waals surface area contributed by atoms with Gasteiger partial charge < -0.3 is 10.6 Å². The number of aromatic amines is 1. The summed E-state index contributed by atoms with van der Waals surface area (Å²) < 4.78 is 0. The molecule has 0 spiro atoms. The molecule has 5 heteroatoms. The molecule has 1 unspecified atom stereocenters. The highest BCUT2D eigenvalue weighted by Gasteiger charge is 2.11. The van der Waals surface area contributed by atoms with Crippen LogP contribution in [0.5, 0.6) is 0 Å². The maximum absolute atomic E-state index is 12.3. The van der Waals surface area contributed by atoms with E-state index < -0.39 is 0 Å². The average molecular weight is 320 g/mol. The zero-order valence-electron chi connectivity index (χ0n) is 13.5. The molecule has 0 aliphatic rings. The SMILES string of the molecule is CC(NCC(=O)Nc1ccccc1-c1ccccc1)c1cn[nH]c1. The lowest BCUT2D eigenvalue weighted by Gasteiger charge is -2.14. The summed E-state index contributed by atoms with van der Waals surface area (Å²) in [6, 6.07) is 17.9. The van der Waals surface area contributed by atoms with Crippen LogP contribution < -0.4 is 10.6 Å². The van der Waals surface area contributed by atoms with E-state index in [4.69, 9.17) is 0 Å². The molecule has 0 aliphatic carbocycles. The third kappa shape index (κ3) is 3.88. The molecule has 0 fully saturated rings. The molecular weight excluding hydrogens is 300 g/mol. The van der Waals surface area contributed by atoms with Gasteiger partial charge in [0.15, 0.2) is 0 Å². The van der Waals surface area contributed by atoms with E-state index in [1.165, 1.54) is 0 Å². The van der Waals surface area contributed by atoms with E-state index in [1.54, 1.807) is 6.20 Å². The maximum atomic E-state index is 12.3. The van der Waals surface area contributed by atoms with E-state index in [2.05, 4.69) is 20.8 Å². The normalized spacial score (nSPS) is 11.9. The average Bonchev–Trinajstić information content (AvgIpc) is 3.16. The van der Waals surface area contributed by atoms with Crippen molar-refractivity contribution >= 4 is 11.6 Å². The van der Waals surface area contributed by atoms with Gasteiger partial charge in [-0.15, -0.1) is 0 Å². The van der Waals surface area contributed by atoms with E-state index >= 15 is 0 Å². The number of para-hydroxylation sites is 1. The second kappa shape index (κ2) is 7.57. The molecule has 0 aliphatic heterocycles. The molecule has 0 saturated carbocycles. The Balaban J connectivity index is 1.65. The first kappa shape index (κ1) is 16.0. The minimum atomic E-state index is -0.0753. The van der Waals surface area contributed by atoms with Crippen LogP contribution in [-0.4, -0.2) is 22.6 Å². The van der Waals surface area contributed by atoms with Crippen LogP contribution in [0.2, 0.25) is 0 Å². The summed E-state index contributed by atoms with van der Waals surface area (Å²) in [5.41, 5.74) is 3.92. The molecule has 0 radical (unpaired) electrons. The predicted molar refractivity (Wildman–Crippen MR) is 95.5 cm³/mol. The van der Waals surface area contributed by atoms with E-state index in [0.29, 0.717) is 0 Å². The van der Waals surface area contributed by atoms with E-state index in [0.717, 1.165) is 22.4 Å². The topological polar surface area (TPSA) is 69.8 Å². The number of amides is 1. The quantitative estimate of drug-likeness (QED) is 0.652. The first-order valence-corrected chi connectivity index (χ1v) is 7.90. The Labute approximate surface area is 141 Å². The zero-order valence-corrected chi connectivity index (χ0v) is 13.5. The number of benzene rings is 2. The smallest absolute Gasteiger partial charge is 0.238 e. The van der Waals surface area contributed by atoms with Crippen molar-refractivity contribution in [3.05, 3.63) is 72.6 Å². The summed E-state index contributed by atoms with van der Waals surface area (Å²) in [7, 11) is 0. The Bertz CT molecular complexity index is 784. The Morgan fingerprint density at radius 1 is 1.12 bits per heavy atom. The van der Waals surface area contributed by atoms with Crippen LogP contribution in [0.1, 0.15) is 18.5 Å². The highest BCUT2D eigenvalue weighted by Crippen LogP contribution is 2.27. The molecule has 1 heterocycles. The highest BCUT2D eigenvalue weighted by atomic mass is 16.1. The molecule has 1 amide bonds. The lowest BCUT2D eigenvalue weighted by molar-refractivity contribution is -0.115. The van der Waals surface area contributed by atoms with Crippen molar-refractivity contribution in [2.24, 2.45) is 0 Å². The molecule has 1 aromatic heterocycles. The number of hydrogen-bond donors (Lipinski definition) is 3. The van der Waals surface area contributed by atoms with Crippen LogP contribution in [-0.2, 0) is 4.79 Å². The van der Waals surface area contributed by atoms with Crippen molar-refractivity contribution in [1.82, 2.24) is 15.5 Å². The van der Waals surface area contributed by atoms with Gasteiger partial charge in [-0.2, -0.15) is 5.10 Å². The lowest BCUT2D eigenvalue weighted by atomic mass is 10.0. The standard InChI is InChI=1S/C19H20N4O/c1-14(16-11-21-22-12-16)20-13-19(24)23-18-10-6-5-9-17(18)15-7-3-2-4-8-15/h2-12,14,20H,13H2,1H3,(H,21,22)(H,23,24). The number of aromatic nitrogens is 2. The van der Waals surface area contributed by atoms with Crippen molar-refractivity contribution in [2.45, 2.75) is 13.0 Å². The summed E-state index contributed by atoms with van der Waals surface area (Å²) in [5.74, 6) is -0.0753. The van der Waals surface area contributed by atoms with Crippen molar-refractivity contribution in [1.29, 1.82) is 0 Å². The lowest BCUT2D eigenvalue weighted by Crippen LogP contribution is -2.30. The summed E-state index contributed by atoms with van der Waals surface area (Å²) in [4.78, 5) is 12.3.